The van der Waals surface area contributed by atoms with Crippen LogP contribution in [0.15, 0.2) is 47.9 Å². The van der Waals surface area contributed by atoms with Crippen LogP contribution >= 0.6 is 0 Å². The van der Waals surface area contributed by atoms with Crippen molar-refractivity contribution in [1.29, 1.82) is 0 Å². The van der Waals surface area contributed by atoms with Crippen LogP contribution in [0.25, 0.3) is 6.08 Å². The fraction of sp³-hybridized carbons (Fsp3) is 0.214. The van der Waals surface area contributed by atoms with Crippen LogP contribution in [0.4, 0.5) is 0 Å². The highest BCUT2D eigenvalue weighted by Gasteiger charge is 2.06. The van der Waals surface area contributed by atoms with Crippen LogP contribution in [0.5, 0.6) is 0 Å². The fourth-order valence-electron chi connectivity index (χ4n) is 1.37. The Labute approximate surface area is 102 Å². The second-order valence-electron chi connectivity index (χ2n) is 3.60. The van der Waals surface area contributed by atoms with Crippen molar-refractivity contribution in [2.75, 3.05) is 13.1 Å². The molecule has 0 aromatic carbocycles. The summed E-state index contributed by atoms with van der Waals surface area (Å²) in [6.07, 6.45) is 6.53. The van der Waals surface area contributed by atoms with Crippen molar-refractivity contribution in [2.24, 2.45) is 0 Å². The van der Waals surface area contributed by atoms with Crippen molar-refractivity contribution in [3.05, 3.63) is 55.0 Å². The quantitative estimate of drug-likeness (QED) is 0.557. The Morgan fingerprint density at radius 2 is 2.00 bits per heavy atom. The van der Waals surface area contributed by atoms with Crippen molar-refractivity contribution in [3.8, 4) is 0 Å². The van der Waals surface area contributed by atoms with Gasteiger partial charge in [0.1, 0.15) is 11.5 Å². The minimum Gasteiger partial charge on any atom is -0.462 e. The number of carbonyl (C=O) groups is 1. The molecule has 1 rings (SSSR count). The summed E-state index contributed by atoms with van der Waals surface area (Å²) in [7, 11) is 0. The zero-order valence-corrected chi connectivity index (χ0v) is 10.1. The van der Waals surface area contributed by atoms with E-state index < -0.39 is 0 Å². The summed E-state index contributed by atoms with van der Waals surface area (Å²) in [6.45, 7) is 10.1. The Kier molecular flexibility index (Phi) is 5.01. The fourth-order valence-corrected chi connectivity index (χ4v) is 1.37. The smallest absolute Gasteiger partial charge is 0.247 e. The average molecular weight is 231 g/mol. The molecule has 17 heavy (non-hydrogen) atoms. The lowest BCUT2D eigenvalue weighted by molar-refractivity contribution is -0.125. The van der Waals surface area contributed by atoms with Crippen molar-refractivity contribution >= 4 is 12.0 Å². The summed E-state index contributed by atoms with van der Waals surface area (Å²) in [5, 5.41) is 0. The maximum absolute atomic E-state index is 11.8. The first-order valence-electron chi connectivity index (χ1n) is 5.42. The maximum atomic E-state index is 11.8. The van der Waals surface area contributed by atoms with E-state index in [1.165, 1.54) is 6.08 Å². The van der Waals surface area contributed by atoms with E-state index in [2.05, 4.69) is 13.2 Å². The second kappa shape index (κ2) is 6.53. The SMILES string of the molecule is C=CCN(CC=C)C(=O)C=Cc1ccc(C)o1. The highest BCUT2D eigenvalue weighted by atomic mass is 16.3. The van der Waals surface area contributed by atoms with Gasteiger partial charge in [-0.05, 0) is 25.1 Å². The molecule has 0 aliphatic rings. The molecule has 0 unspecified atom stereocenters. The molecule has 3 heteroatoms. The molecule has 0 radical (unpaired) electrons. The number of nitrogens with zero attached hydrogens (tertiary/aromatic N) is 1. The van der Waals surface area contributed by atoms with E-state index in [1.54, 1.807) is 23.1 Å². The van der Waals surface area contributed by atoms with E-state index in [4.69, 9.17) is 4.42 Å². The average Bonchev–Trinajstić information content (AvgIpc) is 2.72. The molecule has 0 saturated carbocycles. The molecular weight excluding hydrogens is 214 g/mol. The van der Waals surface area contributed by atoms with Gasteiger partial charge in [0.15, 0.2) is 0 Å². The van der Waals surface area contributed by atoms with Gasteiger partial charge in [-0.15, -0.1) is 13.2 Å². The van der Waals surface area contributed by atoms with Gasteiger partial charge in [0.25, 0.3) is 0 Å². The van der Waals surface area contributed by atoms with Crippen LogP contribution < -0.4 is 0 Å². The van der Waals surface area contributed by atoms with E-state index >= 15 is 0 Å². The number of amides is 1. The molecule has 1 heterocycles. The van der Waals surface area contributed by atoms with Gasteiger partial charge in [0, 0.05) is 19.2 Å². The molecule has 0 aliphatic carbocycles. The zero-order chi connectivity index (χ0) is 12.7. The van der Waals surface area contributed by atoms with Gasteiger partial charge in [-0.2, -0.15) is 0 Å². The highest BCUT2D eigenvalue weighted by molar-refractivity contribution is 5.91. The normalized spacial score (nSPS) is 10.4. The van der Waals surface area contributed by atoms with Gasteiger partial charge in [0.05, 0.1) is 0 Å². The molecule has 0 aliphatic heterocycles. The van der Waals surface area contributed by atoms with Crippen molar-refractivity contribution in [1.82, 2.24) is 4.90 Å². The molecule has 0 bridgehead atoms. The Morgan fingerprint density at radius 3 is 2.47 bits per heavy atom. The Morgan fingerprint density at radius 1 is 1.35 bits per heavy atom. The van der Waals surface area contributed by atoms with Crippen LogP contribution in [-0.2, 0) is 4.79 Å². The lowest BCUT2D eigenvalue weighted by Crippen LogP contribution is -2.29. The maximum Gasteiger partial charge on any atom is 0.247 e. The van der Waals surface area contributed by atoms with Crippen molar-refractivity contribution in [2.45, 2.75) is 6.92 Å². The minimum absolute atomic E-state index is 0.0844. The lowest BCUT2D eigenvalue weighted by Gasteiger charge is -2.16. The third kappa shape index (κ3) is 4.15. The topological polar surface area (TPSA) is 33.5 Å². The van der Waals surface area contributed by atoms with Crippen molar-refractivity contribution in [3.63, 3.8) is 0 Å². The van der Waals surface area contributed by atoms with Crippen LogP contribution in [0.2, 0.25) is 0 Å². The second-order valence-corrected chi connectivity index (χ2v) is 3.60. The van der Waals surface area contributed by atoms with E-state index in [1.807, 2.05) is 19.1 Å². The van der Waals surface area contributed by atoms with Gasteiger partial charge >= 0.3 is 0 Å². The third-order valence-electron chi connectivity index (χ3n) is 2.16. The van der Waals surface area contributed by atoms with Gasteiger partial charge in [-0.25, -0.2) is 0 Å². The molecule has 1 aromatic heterocycles. The molecular formula is C14H17NO2. The predicted octanol–water partition coefficient (Wildman–Crippen LogP) is 2.80. The summed E-state index contributed by atoms with van der Waals surface area (Å²) in [5.41, 5.74) is 0. The first kappa shape index (κ1) is 13.0. The molecule has 1 amide bonds. The van der Waals surface area contributed by atoms with E-state index in [-0.39, 0.29) is 5.91 Å². The molecule has 3 nitrogen and oxygen atoms in total. The van der Waals surface area contributed by atoms with E-state index in [0.29, 0.717) is 18.8 Å². The number of hydrogen-bond donors (Lipinski definition) is 0. The Hall–Kier alpha value is -2.03. The zero-order valence-electron chi connectivity index (χ0n) is 10.1. The van der Waals surface area contributed by atoms with Crippen LogP contribution in [0.3, 0.4) is 0 Å². The first-order valence-corrected chi connectivity index (χ1v) is 5.42. The molecule has 0 saturated heterocycles. The number of rotatable bonds is 6. The predicted molar refractivity (Wildman–Crippen MR) is 69.5 cm³/mol. The third-order valence-corrected chi connectivity index (χ3v) is 2.16. The summed E-state index contributed by atoms with van der Waals surface area (Å²) in [6, 6.07) is 3.68. The summed E-state index contributed by atoms with van der Waals surface area (Å²) < 4.78 is 5.34. The van der Waals surface area contributed by atoms with Gasteiger partial charge < -0.3 is 9.32 Å². The van der Waals surface area contributed by atoms with Crippen LogP contribution in [-0.4, -0.2) is 23.9 Å². The number of carbonyl (C=O) groups excluding carboxylic acids is 1. The summed E-state index contributed by atoms with van der Waals surface area (Å²) >= 11 is 0. The van der Waals surface area contributed by atoms with Crippen LogP contribution in [0.1, 0.15) is 11.5 Å². The van der Waals surface area contributed by atoms with Crippen molar-refractivity contribution < 1.29 is 9.21 Å². The highest BCUT2D eigenvalue weighted by Crippen LogP contribution is 2.08. The summed E-state index contributed by atoms with van der Waals surface area (Å²) in [5.74, 6) is 1.41. The Balaban J connectivity index is 2.65. The number of aryl methyl sites for hydroxylation is 1. The van der Waals surface area contributed by atoms with Gasteiger partial charge in [-0.3, -0.25) is 4.79 Å². The minimum atomic E-state index is -0.0844. The lowest BCUT2D eigenvalue weighted by atomic mass is 10.3. The first-order chi connectivity index (χ1) is 8.17. The van der Waals surface area contributed by atoms with E-state index in [0.717, 1.165) is 5.76 Å². The Bertz CT molecular complexity index is 419. The number of hydrogen-bond acceptors (Lipinski definition) is 2. The molecule has 0 fully saturated rings. The molecule has 0 spiro atoms. The molecule has 0 N–H and O–H groups in total. The van der Waals surface area contributed by atoms with Gasteiger partial charge in [-0.1, -0.05) is 12.2 Å². The van der Waals surface area contributed by atoms with Crippen LogP contribution in [0, 0.1) is 6.92 Å². The molecule has 90 valence electrons. The van der Waals surface area contributed by atoms with Gasteiger partial charge in [0.2, 0.25) is 5.91 Å². The number of furan rings is 1. The molecule has 0 atom stereocenters. The summed E-state index contributed by atoms with van der Waals surface area (Å²) in [4.78, 5) is 13.4. The standard InChI is InChI=1S/C14H17NO2/c1-4-10-15(11-5-2)14(16)9-8-13-7-6-12(3)17-13/h4-9H,1-2,10-11H2,3H3. The monoisotopic (exact) mass is 231 g/mol. The molecule has 1 aromatic rings. The largest absolute Gasteiger partial charge is 0.462 e. The van der Waals surface area contributed by atoms with E-state index in [9.17, 15) is 4.79 Å².